The highest BCUT2D eigenvalue weighted by atomic mass is 16.3. The maximum absolute atomic E-state index is 9.24. The van der Waals surface area contributed by atoms with Gasteiger partial charge in [0.05, 0.1) is 12.3 Å². The number of aliphatic hydroxyl groups excluding tert-OH is 1. The fraction of sp³-hybridized carbons (Fsp3) is 0.636. The van der Waals surface area contributed by atoms with Crippen molar-refractivity contribution in [3.05, 3.63) is 17.8 Å². The first-order valence-electron chi connectivity index (χ1n) is 5.60. The van der Waals surface area contributed by atoms with E-state index in [9.17, 15) is 5.11 Å². The SMILES string of the molecule is CN(CC1CC(O)C1)c1nnccc1CN. The highest BCUT2D eigenvalue weighted by molar-refractivity contribution is 5.44. The average molecular weight is 222 g/mol. The third-order valence-electron chi connectivity index (χ3n) is 3.11. The molecular formula is C11H18N4O. The lowest BCUT2D eigenvalue weighted by molar-refractivity contribution is 0.0464. The zero-order valence-corrected chi connectivity index (χ0v) is 9.50. The van der Waals surface area contributed by atoms with Gasteiger partial charge in [0, 0.05) is 25.7 Å². The monoisotopic (exact) mass is 222 g/mol. The van der Waals surface area contributed by atoms with Gasteiger partial charge in [0.25, 0.3) is 0 Å². The molecular weight excluding hydrogens is 204 g/mol. The van der Waals surface area contributed by atoms with Gasteiger partial charge in [-0.15, -0.1) is 5.10 Å². The van der Waals surface area contributed by atoms with Crippen molar-refractivity contribution < 1.29 is 5.11 Å². The van der Waals surface area contributed by atoms with Crippen molar-refractivity contribution in [1.29, 1.82) is 0 Å². The third kappa shape index (κ3) is 2.31. The average Bonchev–Trinajstić information content (AvgIpc) is 2.27. The minimum absolute atomic E-state index is 0.103. The lowest BCUT2D eigenvalue weighted by atomic mass is 9.82. The molecule has 0 spiro atoms. The fourth-order valence-electron chi connectivity index (χ4n) is 2.15. The molecule has 1 aliphatic rings. The van der Waals surface area contributed by atoms with Crippen LogP contribution in [0.2, 0.25) is 0 Å². The lowest BCUT2D eigenvalue weighted by Gasteiger charge is -2.35. The molecule has 0 unspecified atom stereocenters. The van der Waals surface area contributed by atoms with Gasteiger partial charge in [0.2, 0.25) is 0 Å². The first kappa shape index (κ1) is 11.3. The minimum atomic E-state index is -0.103. The molecule has 88 valence electrons. The molecule has 0 aromatic carbocycles. The van der Waals surface area contributed by atoms with Gasteiger partial charge in [-0.05, 0) is 24.8 Å². The first-order chi connectivity index (χ1) is 7.70. The number of hydrogen-bond acceptors (Lipinski definition) is 5. The summed E-state index contributed by atoms with van der Waals surface area (Å²) in [6, 6.07) is 1.90. The largest absolute Gasteiger partial charge is 0.393 e. The summed E-state index contributed by atoms with van der Waals surface area (Å²) in [7, 11) is 1.99. The van der Waals surface area contributed by atoms with Crippen LogP contribution in [0.15, 0.2) is 12.3 Å². The van der Waals surface area contributed by atoms with Gasteiger partial charge in [-0.25, -0.2) is 0 Å². The van der Waals surface area contributed by atoms with Crippen molar-refractivity contribution in [3.63, 3.8) is 0 Å². The highest BCUT2D eigenvalue weighted by Gasteiger charge is 2.28. The van der Waals surface area contributed by atoms with Gasteiger partial charge >= 0.3 is 0 Å². The molecule has 0 radical (unpaired) electrons. The lowest BCUT2D eigenvalue weighted by Crippen LogP contribution is -2.37. The van der Waals surface area contributed by atoms with E-state index in [1.807, 2.05) is 13.1 Å². The van der Waals surface area contributed by atoms with Crippen LogP contribution < -0.4 is 10.6 Å². The van der Waals surface area contributed by atoms with E-state index in [2.05, 4.69) is 15.1 Å². The third-order valence-corrected chi connectivity index (χ3v) is 3.11. The molecule has 1 aliphatic carbocycles. The van der Waals surface area contributed by atoms with E-state index in [0.29, 0.717) is 12.5 Å². The number of aliphatic hydroxyl groups is 1. The van der Waals surface area contributed by atoms with Crippen molar-refractivity contribution in [2.24, 2.45) is 11.7 Å². The molecule has 0 atom stereocenters. The Morgan fingerprint density at radius 1 is 1.56 bits per heavy atom. The van der Waals surface area contributed by atoms with E-state index in [0.717, 1.165) is 30.8 Å². The predicted molar refractivity (Wildman–Crippen MR) is 61.9 cm³/mol. The number of nitrogens with two attached hydrogens (primary N) is 1. The number of aromatic nitrogens is 2. The molecule has 16 heavy (non-hydrogen) atoms. The van der Waals surface area contributed by atoms with Crippen LogP contribution in [0.1, 0.15) is 18.4 Å². The minimum Gasteiger partial charge on any atom is -0.393 e. The number of anilines is 1. The Hall–Kier alpha value is -1.20. The molecule has 0 bridgehead atoms. The Labute approximate surface area is 95.3 Å². The first-order valence-corrected chi connectivity index (χ1v) is 5.60. The fourth-order valence-corrected chi connectivity index (χ4v) is 2.15. The quantitative estimate of drug-likeness (QED) is 0.758. The maximum atomic E-state index is 9.24. The van der Waals surface area contributed by atoms with E-state index in [-0.39, 0.29) is 6.10 Å². The molecule has 1 heterocycles. The molecule has 1 fully saturated rings. The van der Waals surface area contributed by atoms with Crippen LogP contribution in [0.4, 0.5) is 5.82 Å². The maximum Gasteiger partial charge on any atom is 0.155 e. The van der Waals surface area contributed by atoms with Crippen molar-refractivity contribution in [3.8, 4) is 0 Å². The van der Waals surface area contributed by atoms with Crippen LogP contribution in [0.5, 0.6) is 0 Å². The molecule has 0 saturated heterocycles. The summed E-state index contributed by atoms with van der Waals surface area (Å²) in [5.41, 5.74) is 6.66. The van der Waals surface area contributed by atoms with E-state index in [1.54, 1.807) is 6.20 Å². The number of rotatable bonds is 4. The van der Waals surface area contributed by atoms with Crippen LogP contribution in [0.3, 0.4) is 0 Å². The van der Waals surface area contributed by atoms with Gasteiger partial charge < -0.3 is 15.7 Å². The van der Waals surface area contributed by atoms with E-state index < -0.39 is 0 Å². The molecule has 5 nitrogen and oxygen atoms in total. The summed E-state index contributed by atoms with van der Waals surface area (Å²) >= 11 is 0. The van der Waals surface area contributed by atoms with Crippen molar-refractivity contribution in [2.75, 3.05) is 18.5 Å². The number of nitrogens with zero attached hydrogens (tertiary/aromatic N) is 3. The van der Waals surface area contributed by atoms with Gasteiger partial charge in [0.1, 0.15) is 0 Å². The Morgan fingerprint density at radius 3 is 2.94 bits per heavy atom. The van der Waals surface area contributed by atoms with Crippen molar-refractivity contribution in [2.45, 2.75) is 25.5 Å². The van der Waals surface area contributed by atoms with Crippen molar-refractivity contribution in [1.82, 2.24) is 10.2 Å². The van der Waals surface area contributed by atoms with Gasteiger partial charge in [-0.1, -0.05) is 0 Å². The molecule has 0 aliphatic heterocycles. The summed E-state index contributed by atoms with van der Waals surface area (Å²) in [5.74, 6) is 1.42. The predicted octanol–water partition coefficient (Wildman–Crippen LogP) is 0.142. The molecule has 2 rings (SSSR count). The Kier molecular flexibility index (Phi) is 3.36. The Morgan fingerprint density at radius 2 is 2.31 bits per heavy atom. The van der Waals surface area contributed by atoms with Gasteiger partial charge in [-0.2, -0.15) is 5.10 Å². The van der Waals surface area contributed by atoms with E-state index in [4.69, 9.17) is 5.73 Å². The second-order valence-corrected chi connectivity index (χ2v) is 4.46. The van der Waals surface area contributed by atoms with Gasteiger partial charge in [-0.3, -0.25) is 0 Å². The zero-order chi connectivity index (χ0) is 11.5. The van der Waals surface area contributed by atoms with E-state index >= 15 is 0 Å². The van der Waals surface area contributed by atoms with Crippen LogP contribution in [-0.2, 0) is 6.54 Å². The summed E-state index contributed by atoms with van der Waals surface area (Å²) in [5, 5.41) is 17.2. The molecule has 1 aromatic heterocycles. The normalized spacial score (nSPS) is 23.9. The van der Waals surface area contributed by atoms with Crippen LogP contribution in [0.25, 0.3) is 0 Å². The Balaban J connectivity index is 1.99. The standard InChI is InChI=1S/C11H18N4O/c1-15(7-8-4-10(16)5-8)11-9(6-12)2-3-13-14-11/h2-3,8,10,16H,4-7,12H2,1H3. The van der Waals surface area contributed by atoms with Crippen molar-refractivity contribution >= 4 is 5.82 Å². The smallest absolute Gasteiger partial charge is 0.155 e. The molecule has 5 heteroatoms. The second kappa shape index (κ2) is 4.76. The van der Waals surface area contributed by atoms with Gasteiger partial charge in [0.15, 0.2) is 5.82 Å². The summed E-state index contributed by atoms with van der Waals surface area (Å²) in [4.78, 5) is 2.08. The molecule has 1 aromatic rings. The van der Waals surface area contributed by atoms with Crippen LogP contribution >= 0.6 is 0 Å². The second-order valence-electron chi connectivity index (χ2n) is 4.46. The molecule has 0 amide bonds. The number of hydrogen-bond donors (Lipinski definition) is 2. The van der Waals surface area contributed by atoms with Crippen LogP contribution in [0, 0.1) is 5.92 Å². The Bertz CT molecular complexity index is 352. The summed E-state index contributed by atoms with van der Waals surface area (Å²) < 4.78 is 0. The van der Waals surface area contributed by atoms with E-state index in [1.165, 1.54) is 0 Å². The highest BCUT2D eigenvalue weighted by Crippen LogP contribution is 2.29. The summed E-state index contributed by atoms with van der Waals surface area (Å²) in [6.07, 6.45) is 3.34. The van der Waals surface area contributed by atoms with Crippen LogP contribution in [-0.4, -0.2) is 35.0 Å². The summed E-state index contributed by atoms with van der Waals surface area (Å²) in [6.45, 7) is 1.38. The zero-order valence-electron chi connectivity index (χ0n) is 9.50. The topological polar surface area (TPSA) is 75.3 Å². The molecule has 1 saturated carbocycles. The molecule has 3 N–H and O–H groups in total.